The van der Waals surface area contributed by atoms with Crippen LogP contribution in [-0.4, -0.2) is 37.0 Å². The van der Waals surface area contributed by atoms with Crippen molar-refractivity contribution >= 4 is 21.8 Å². The predicted molar refractivity (Wildman–Crippen MR) is 78.2 cm³/mol. The number of nitrogens with one attached hydrogen (secondary N) is 1. The largest absolute Gasteiger partial charge is 0.496 e. The molecule has 0 aromatic heterocycles. The normalized spacial score (nSPS) is 19.6. The molecule has 1 atom stereocenters. The third-order valence-electron chi connectivity index (χ3n) is 3.39. The molecule has 1 aliphatic heterocycles. The molecular formula is C14H19BrN2O2. The van der Waals surface area contributed by atoms with Gasteiger partial charge >= 0.3 is 0 Å². The lowest BCUT2D eigenvalue weighted by Crippen LogP contribution is -2.54. The summed E-state index contributed by atoms with van der Waals surface area (Å²) in [5, 5.41) is 3.24. The zero-order valence-electron chi connectivity index (χ0n) is 11.3. The number of carbonyl (C=O) groups is 1. The first-order valence-corrected chi connectivity index (χ1v) is 7.29. The molecule has 1 fully saturated rings. The maximum atomic E-state index is 12.3. The van der Waals surface area contributed by atoms with Gasteiger partial charge in [-0.3, -0.25) is 4.79 Å². The van der Waals surface area contributed by atoms with E-state index in [1.165, 1.54) is 0 Å². The van der Waals surface area contributed by atoms with Crippen molar-refractivity contribution in [2.45, 2.75) is 25.9 Å². The molecule has 0 spiro atoms. The van der Waals surface area contributed by atoms with Gasteiger partial charge in [-0.15, -0.1) is 0 Å². The summed E-state index contributed by atoms with van der Waals surface area (Å²) >= 11 is 3.46. The van der Waals surface area contributed by atoms with Crippen molar-refractivity contribution in [3.63, 3.8) is 0 Å². The summed E-state index contributed by atoms with van der Waals surface area (Å²) in [5.41, 5.74) is 1.03. The second-order valence-corrected chi connectivity index (χ2v) is 5.55. The number of hydrogen-bond acceptors (Lipinski definition) is 3. The van der Waals surface area contributed by atoms with Crippen molar-refractivity contribution in [2.75, 3.05) is 20.2 Å². The standard InChI is InChI=1S/C14H19BrN2O2/c1-3-12-14(18)17(7-6-16-12)9-10-8-11(15)4-5-13(10)19-2/h4-5,8,12,16H,3,6-7,9H2,1-2H3. The van der Waals surface area contributed by atoms with Crippen LogP contribution in [0.2, 0.25) is 0 Å². The minimum Gasteiger partial charge on any atom is -0.496 e. The van der Waals surface area contributed by atoms with Crippen LogP contribution < -0.4 is 10.1 Å². The summed E-state index contributed by atoms with van der Waals surface area (Å²) in [7, 11) is 1.65. The van der Waals surface area contributed by atoms with Gasteiger partial charge in [0, 0.05) is 29.7 Å². The van der Waals surface area contributed by atoms with E-state index in [0.29, 0.717) is 6.54 Å². The highest BCUT2D eigenvalue weighted by Gasteiger charge is 2.27. The number of ether oxygens (including phenoxy) is 1. The fourth-order valence-electron chi connectivity index (χ4n) is 2.34. The lowest BCUT2D eigenvalue weighted by atomic mass is 10.1. The summed E-state index contributed by atoms with van der Waals surface area (Å²) < 4.78 is 6.35. The smallest absolute Gasteiger partial charge is 0.240 e. The molecule has 0 saturated carbocycles. The number of carbonyl (C=O) groups excluding carboxylic acids is 1. The molecule has 1 saturated heterocycles. The Labute approximate surface area is 122 Å². The van der Waals surface area contributed by atoms with Gasteiger partial charge in [0.2, 0.25) is 5.91 Å². The SMILES string of the molecule is CCC1NCCN(Cc2cc(Br)ccc2OC)C1=O. The highest BCUT2D eigenvalue weighted by atomic mass is 79.9. The van der Waals surface area contributed by atoms with Gasteiger partial charge in [-0.2, -0.15) is 0 Å². The number of piperazine rings is 1. The Hall–Kier alpha value is -1.07. The van der Waals surface area contributed by atoms with E-state index in [4.69, 9.17) is 4.74 Å². The Morgan fingerprint density at radius 3 is 3.00 bits per heavy atom. The molecule has 1 aromatic carbocycles. The van der Waals surface area contributed by atoms with E-state index < -0.39 is 0 Å². The second kappa shape index (κ2) is 6.39. The van der Waals surface area contributed by atoms with Gasteiger partial charge < -0.3 is 15.0 Å². The van der Waals surface area contributed by atoms with Crippen LogP contribution in [-0.2, 0) is 11.3 Å². The highest BCUT2D eigenvalue weighted by Crippen LogP contribution is 2.25. The van der Waals surface area contributed by atoms with Gasteiger partial charge in [0.05, 0.1) is 13.2 Å². The molecule has 19 heavy (non-hydrogen) atoms. The summed E-state index contributed by atoms with van der Waals surface area (Å²) in [5.74, 6) is 0.998. The average molecular weight is 327 g/mol. The maximum absolute atomic E-state index is 12.3. The first kappa shape index (κ1) is 14.3. The average Bonchev–Trinajstić information content (AvgIpc) is 2.41. The van der Waals surface area contributed by atoms with Gasteiger partial charge in [-0.25, -0.2) is 0 Å². The lowest BCUT2D eigenvalue weighted by Gasteiger charge is -2.33. The summed E-state index contributed by atoms with van der Waals surface area (Å²) in [6.07, 6.45) is 0.824. The molecule has 2 rings (SSSR count). The predicted octanol–water partition coefficient (Wildman–Crippen LogP) is 2.17. The van der Waals surface area contributed by atoms with Crippen molar-refractivity contribution < 1.29 is 9.53 Å². The lowest BCUT2D eigenvalue weighted by molar-refractivity contribution is -0.136. The van der Waals surface area contributed by atoms with E-state index in [0.717, 1.165) is 35.3 Å². The molecule has 0 aliphatic carbocycles. The zero-order valence-corrected chi connectivity index (χ0v) is 12.9. The molecule has 0 radical (unpaired) electrons. The van der Waals surface area contributed by atoms with E-state index >= 15 is 0 Å². The number of nitrogens with zero attached hydrogens (tertiary/aromatic N) is 1. The van der Waals surface area contributed by atoms with Crippen LogP contribution in [0.15, 0.2) is 22.7 Å². The molecule has 0 bridgehead atoms. The third-order valence-corrected chi connectivity index (χ3v) is 3.89. The molecule has 1 aromatic rings. The summed E-state index contributed by atoms with van der Waals surface area (Å²) in [6, 6.07) is 5.82. The van der Waals surface area contributed by atoms with Crippen LogP contribution in [0.5, 0.6) is 5.75 Å². The maximum Gasteiger partial charge on any atom is 0.240 e. The molecule has 1 N–H and O–H groups in total. The monoisotopic (exact) mass is 326 g/mol. The fraction of sp³-hybridized carbons (Fsp3) is 0.500. The van der Waals surface area contributed by atoms with Crippen molar-refractivity contribution in [3.05, 3.63) is 28.2 Å². The Balaban J connectivity index is 2.16. The van der Waals surface area contributed by atoms with Gasteiger partial charge in [0.25, 0.3) is 0 Å². The van der Waals surface area contributed by atoms with Crippen molar-refractivity contribution in [1.82, 2.24) is 10.2 Å². The minimum absolute atomic E-state index is 0.0492. The van der Waals surface area contributed by atoms with Crippen LogP contribution in [0.3, 0.4) is 0 Å². The molecule has 1 heterocycles. The van der Waals surface area contributed by atoms with Crippen molar-refractivity contribution in [3.8, 4) is 5.75 Å². The van der Waals surface area contributed by atoms with Crippen molar-refractivity contribution in [2.24, 2.45) is 0 Å². The number of benzene rings is 1. The van der Waals surface area contributed by atoms with Gasteiger partial charge in [0.15, 0.2) is 0 Å². The molecule has 5 heteroatoms. The topological polar surface area (TPSA) is 41.6 Å². The molecule has 1 unspecified atom stereocenters. The van der Waals surface area contributed by atoms with Crippen LogP contribution in [0.1, 0.15) is 18.9 Å². The minimum atomic E-state index is -0.0492. The van der Waals surface area contributed by atoms with E-state index in [1.54, 1.807) is 7.11 Å². The zero-order chi connectivity index (χ0) is 13.8. The molecular weight excluding hydrogens is 308 g/mol. The summed E-state index contributed by atoms with van der Waals surface area (Å²) in [6.45, 7) is 4.21. The third kappa shape index (κ3) is 3.28. The first-order valence-electron chi connectivity index (χ1n) is 6.50. The molecule has 1 amide bonds. The fourth-order valence-corrected chi connectivity index (χ4v) is 2.75. The summed E-state index contributed by atoms with van der Waals surface area (Å²) in [4.78, 5) is 14.2. The Morgan fingerprint density at radius 1 is 1.53 bits per heavy atom. The van der Waals surface area contributed by atoms with E-state index in [2.05, 4.69) is 21.2 Å². The number of amides is 1. The Bertz CT molecular complexity index is 465. The van der Waals surface area contributed by atoms with E-state index in [-0.39, 0.29) is 11.9 Å². The Kier molecular flexibility index (Phi) is 4.82. The molecule has 4 nitrogen and oxygen atoms in total. The van der Waals surface area contributed by atoms with Crippen molar-refractivity contribution in [1.29, 1.82) is 0 Å². The number of hydrogen-bond donors (Lipinski definition) is 1. The quantitative estimate of drug-likeness (QED) is 0.922. The molecule has 104 valence electrons. The number of methoxy groups -OCH3 is 1. The van der Waals surface area contributed by atoms with Crippen LogP contribution in [0.25, 0.3) is 0 Å². The van der Waals surface area contributed by atoms with Gasteiger partial charge in [0.1, 0.15) is 5.75 Å². The van der Waals surface area contributed by atoms with E-state index in [1.807, 2.05) is 30.0 Å². The number of rotatable bonds is 4. The van der Waals surface area contributed by atoms with Crippen LogP contribution in [0.4, 0.5) is 0 Å². The highest BCUT2D eigenvalue weighted by molar-refractivity contribution is 9.10. The van der Waals surface area contributed by atoms with Gasteiger partial charge in [-0.05, 0) is 24.6 Å². The van der Waals surface area contributed by atoms with E-state index in [9.17, 15) is 4.79 Å². The van der Waals surface area contributed by atoms with Crippen LogP contribution in [0, 0.1) is 0 Å². The van der Waals surface area contributed by atoms with Crippen LogP contribution >= 0.6 is 15.9 Å². The first-order chi connectivity index (χ1) is 9.15. The van der Waals surface area contributed by atoms with Gasteiger partial charge in [-0.1, -0.05) is 22.9 Å². The molecule has 1 aliphatic rings. The Morgan fingerprint density at radius 2 is 2.32 bits per heavy atom. The second-order valence-electron chi connectivity index (χ2n) is 4.63. The number of halogens is 1.